The number of hydrogen-bond acceptors (Lipinski definition) is 5. The molecule has 8 heteroatoms. The highest BCUT2D eigenvalue weighted by Crippen LogP contribution is 2.30. The molecular formula is C17H13ClN2O4S. The number of carbonyl (C=O) groups is 1. The number of rotatable bonds is 4. The van der Waals surface area contributed by atoms with Gasteiger partial charge in [-0.1, -0.05) is 35.0 Å². The van der Waals surface area contributed by atoms with Crippen molar-refractivity contribution in [1.82, 2.24) is 5.16 Å². The number of carbonyl (C=O) groups excluding carboxylic acids is 1. The van der Waals surface area contributed by atoms with Gasteiger partial charge in [0.1, 0.15) is 5.56 Å². The molecule has 0 aliphatic rings. The largest absolute Gasteiger partial charge is 0.355 e. The summed E-state index contributed by atoms with van der Waals surface area (Å²) in [5.74, 6) is -0.246. The Morgan fingerprint density at radius 2 is 1.92 bits per heavy atom. The lowest BCUT2D eigenvalue weighted by Gasteiger charge is -2.07. The minimum atomic E-state index is -3.37. The Kier molecular flexibility index (Phi) is 4.61. The zero-order valence-corrected chi connectivity index (χ0v) is 14.6. The van der Waals surface area contributed by atoms with Crippen molar-refractivity contribution in [1.29, 1.82) is 0 Å². The van der Waals surface area contributed by atoms with Gasteiger partial charge in [-0.2, -0.15) is 0 Å². The number of sulfone groups is 1. The van der Waals surface area contributed by atoms with Crippen LogP contribution in [-0.4, -0.2) is 25.7 Å². The highest BCUT2D eigenvalue weighted by molar-refractivity contribution is 7.90. The second kappa shape index (κ2) is 6.70. The molecule has 0 bridgehead atoms. The third-order valence-corrected chi connectivity index (χ3v) is 4.89. The average molecular weight is 377 g/mol. The van der Waals surface area contributed by atoms with E-state index in [-0.39, 0.29) is 16.2 Å². The van der Waals surface area contributed by atoms with Crippen LogP contribution >= 0.6 is 11.6 Å². The summed E-state index contributed by atoms with van der Waals surface area (Å²) in [5.41, 5.74) is 1.08. The number of aromatic nitrogens is 1. The molecule has 3 rings (SSSR count). The van der Waals surface area contributed by atoms with Crippen LogP contribution < -0.4 is 5.32 Å². The third kappa shape index (κ3) is 3.72. The number of benzene rings is 2. The molecule has 0 aliphatic heterocycles. The van der Waals surface area contributed by atoms with E-state index >= 15 is 0 Å². The van der Waals surface area contributed by atoms with Crippen molar-refractivity contribution in [3.8, 4) is 11.3 Å². The molecule has 0 radical (unpaired) electrons. The summed E-state index contributed by atoms with van der Waals surface area (Å²) in [6.45, 7) is 0. The molecule has 3 aromatic rings. The van der Waals surface area contributed by atoms with Gasteiger partial charge in [0, 0.05) is 17.5 Å². The van der Waals surface area contributed by atoms with Crippen LogP contribution in [0.2, 0.25) is 5.02 Å². The van der Waals surface area contributed by atoms with Crippen LogP contribution in [-0.2, 0) is 9.84 Å². The first kappa shape index (κ1) is 17.2. The zero-order valence-electron chi connectivity index (χ0n) is 13.1. The van der Waals surface area contributed by atoms with E-state index in [1.165, 1.54) is 18.3 Å². The average Bonchev–Trinajstić information content (AvgIpc) is 3.04. The molecule has 0 spiro atoms. The van der Waals surface area contributed by atoms with Gasteiger partial charge in [0.15, 0.2) is 15.6 Å². The van der Waals surface area contributed by atoms with Crippen LogP contribution in [0.1, 0.15) is 10.4 Å². The molecule has 1 amide bonds. The summed E-state index contributed by atoms with van der Waals surface area (Å²) in [5, 5.41) is 6.73. The number of nitrogens with one attached hydrogen (secondary N) is 1. The van der Waals surface area contributed by atoms with E-state index in [9.17, 15) is 13.2 Å². The van der Waals surface area contributed by atoms with Crippen LogP contribution in [0.15, 0.2) is 64.1 Å². The van der Waals surface area contributed by atoms with Gasteiger partial charge in [-0.25, -0.2) is 8.42 Å². The van der Waals surface area contributed by atoms with Crippen molar-refractivity contribution >= 4 is 33.0 Å². The first-order chi connectivity index (χ1) is 11.9. The third-order valence-electron chi connectivity index (χ3n) is 3.45. The van der Waals surface area contributed by atoms with Crippen LogP contribution in [0, 0.1) is 0 Å². The van der Waals surface area contributed by atoms with Gasteiger partial charge in [0.25, 0.3) is 5.91 Å². The van der Waals surface area contributed by atoms with Crippen LogP contribution in [0.3, 0.4) is 0 Å². The SMILES string of the molecule is CS(=O)(=O)c1cccc(NC(=O)c2cnoc2-c2ccccc2Cl)c1. The maximum absolute atomic E-state index is 12.5. The molecule has 0 unspecified atom stereocenters. The standard InChI is InChI=1S/C17H13ClN2O4S/c1-25(22,23)12-6-4-5-11(9-12)20-17(21)14-10-19-24-16(14)13-7-2-3-8-15(13)18/h2-10H,1H3,(H,20,21). The lowest BCUT2D eigenvalue weighted by molar-refractivity contribution is 0.102. The van der Waals surface area contributed by atoms with E-state index < -0.39 is 15.7 Å². The highest BCUT2D eigenvalue weighted by atomic mass is 35.5. The van der Waals surface area contributed by atoms with Gasteiger partial charge in [-0.15, -0.1) is 0 Å². The molecule has 1 N–H and O–H groups in total. The topological polar surface area (TPSA) is 89.3 Å². The van der Waals surface area contributed by atoms with Gasteiger partial charge in [-0.05, 0) is 30.3 Å². The summed E-state index contributed by atoms with van der Waals surface area (Å²) in [6.07, 6.45) is 2.39. The summed E-state index contributed by atoms with van der Waals surface area (Å²) in [4.78, 5) is 12.7. The number of halogens is 1. The fourth-order valence-corrected chi connectivity index (χ4v) is 3.13. The van der Waals surface area contributed by atoms with Gasteiger partial charge in [0.2, 0.25) is 0 Å². The van der Waals surface area contributed by atoms with Crippen molar-refractivity contribution in [3.63, 3.8) is 0 Å². The number of nitrogens with zero attached hydrogens (tertiary/aromatic N) is 1. The van der Waals surface area contributed by atoms with Gasteiger partial charge in [-0.3, -0.25) is 4.79 Å². The van der Waals surface area contributed by atoms with Crippen LogP contribution in [0.4, 0.5) is 5.69 Å². The molecule has 128 valence electrons. The van der Waals surface area contributed by atoms with E-state index in [2.05, 4.69) is 10.5 Å². The van der Waals surface area contributed by atoms with E-state index in [1.54, 1.807) is 36.4 Å². The lowest BCUT2D eigenvalue weighted by atomic mass is 10.1. The summed E-state index contributed by atoms with van der Waals surface area (Å²) >= 11 is 6.14. The molecule has 6 nitrogen and oxygen atoms in total. The molecule has 0 atom stereocenters. The number of anilines is 1. The van der Waals surface area contributed by atoms with Gasteiger partial charge < -0.3 is 9.84 Å². The maximum Gasteiger partial charge on any atom is 0.261 e. The van der Waals surface area contributed by atoms with E-state index in [0.717, 1.165) is 6.26 Å². The van der Waals surface area contributed by atoms with Crippen molar-refractivity contribution in [2.45, 2.75) is 4.90 Å². The Labute approximate surface area is 149 Å². The number of amides is 1. The molecule has 0 aliphatic carbocycles. The Morgan fingerprint density at radius 1 is 1.16 bits per heavy atom. The second-order valence-corrected chi connectivity index (χ2v) is 7.73. The van der Waals surface area contributed by atoms with Crippen LogP contribution in [0.5, 0.6) is 0 Å². The second-order valence-electron chi connectivity index (χ2n) is 5.30. The first-order valence-corrected chi connectivity index (χ1v) is 9.44. The van der Waals surface area contributed by atoms with Crippen molar-refractivity contribution in [2.75, 3.05) is 11.6 Å². The minimum absolute atomic E-state index is 0.113. The van der Waals surface area contributed by atoms with Crippen molar-refractivity contribution in [2.24, 2.45) is 0 Å². The molecule has 1 heterocycles. The lowest BCUT2D eigenvalue weighted by Crippen LogP contribution is -2.12. The summed E-state index contributed by atoms with van der Waals surface area (Å²) in [6, 6.07) is 12.9. The number of hydrogen-bond donors (Lipinski definition) is 1. The van der Waals surface area contributed by atoms with Crippen molar-refractivity contribution in [3.05, 3.63) is 65.3 Å². The smallest absolute Gasteiger partial charge is 0.261 e. The predicted molar refractivity (Wildman–Crippen MR) is 94.5 cm³/mol. The van der Waals surface area contributed by atoms with E-state index in [1.807, 2.05) is 0 Å². The highest BCUT2D eigenvalue weighted by Gasteiger charge is 2.20. The quantitative estimate of drug-likeness (QED) is 0.750. The van der Waals surface area contributed by atoms with Crippen LogP contribution in [0.25, 0.3) is 11.3 Å². The Morgan fingerprint density at radius 3 is 2.64 bits per heavy atom. The summed E-state index contributed by atoms with van der Waals surface area (Å²) in [7, 11) is -3.37. The van der Waals surface area contributed by atoms with Gasteiger partial charge in [0.05, 0.1) is 16.1 Å². The van der Waals surface area contributed by atoms with Gasteiger partial charge >= 0.3 is 0 Å². The molecule has 25 heavy (non-hydrogen) atoms. The molecule has 0 saturated heterocycles. The predicted octanol–water partition coefficient (Wildman–Crippen LogP) is 3.65. The fourth-order valence-electron chi connectivity index (χ4n) is 2.24. The Hall–Kier alpha value is -2.64. The zero-order chi connectivity index (χ0) is 18.0. The van der Waals surface area contributed by atoms with Crippen molar-refractivity contribution < 1.29 is 17.7 Å². The molecule has 0 fully saturated rings. The Balaban J connectivity index is 1.92. The van der Waals surface area contributed by atoms with E-state index in [4.69, 9.17) is 16.1 Å². The molecule has 0 saturated carbocycles. The summed E-state index contributed by atoms with van der Waals surface area (Å²) < 4.78 is 28.4. The molecule has 2 aromatic carbocycles. The molecule has 1 aromatic heterocycles. The monoisotopic (exact) mass is 376 g/mol. The normalized spacial score (nSPS) is 11.3. The van der Waals surface area contributed by atoms with E-state index in [0.29, 0.717) is 16.3 Å². The Bertz CT molecular complexity index is 1040. The maximum atomic E-state index is 12.5. The molecular weight excluding hydrogens is 364 g/mol. The fraction of sp³-hybridized carbons (Fsp3) is 0.0588. The minimum Gasteiger partial charge on any atom is -0.355 e. The first-order valence-electron chi connectivity index (χ1n) is 7.17.